The standard InChI is InChI=1S/C10H14ClN3O3/c1-6(10(16)17-3)4-14(2)8-7(11)9(15)13-5-12-8/h5-6H,4H2,1-3H3,(H,12,13,15). The third kappa shape index (κ3) is 3.20. The van der Waals surface area contributed by atoms with Crippen LogP contribution in [0.4, 0.5) is 5.82 Å². The number of anilines is 1. The highest BCUT2D eigenvalue weighted by Gasteiger charge is 2.18. The zero-order valence-electron chi connectivity index (χ0n) is 9.86. The molecule has 0 saturated heterocycles. The van der Waals surface area contributed by atoms with Gasteiger partial charge in [0.05, 0.1) is 19.4 Å². The number of ether oxygens (including phenoxy) is 1. The zero-order chi connectivity index (χ0) is 13.0. The van der Waals surface area contributed by atoms with Crippen molar-refractivity contribution in [3.8, 4) is 0 Å². The molecule has 1 rings (SSSR count). The number of hydrogen-bond donors (Lipinski definition) is 1. The lowest BCUT2D eigenvalue weighted by Crippen LogP contribution is -2.31. The number of aromatic amines is 1. The number of hydrogen-bond acceptors (Lipinski definition) is 5. The monoisotopic (exact) mass is 259 g/mol. The second-order valence-corrected chi connectivity index (χ2v) is 4.05. The molecule has 0 amide bonds. The zero-order valence-corrected chi connectivity index (χ0v) is 10.6. The molecule has 1 aromatic rings. The third-order valence-electron chi connectivity index (χ3n) is 2.29. The van der Waals surface area contributed by atoms with Gasteiger partial charge < -0.3 is 14.6 Å². The Morgan fingerprint density at radius 1 is 1.71 bits per heavy atom. The molecular formula is C10H14ClN3O3. The highest BCUT2D eigenvalue weighted by atomic mass is 35.5. The molecule has 0 aliphatic heterocycles. The summed E-state index contributed by atoms with van der Waals surface area (Å²) < 4.78 is 4.62. The van der Waals surface area contributed by atoms with E-state index in [1.165, 1.54) is 13.4 Å². The van der Waals surface area contributed by atoms with Gasteiger partial charge in [-0.05, 0) is 0 Å². The second kappa shape index (κ2) is 5.67. The van der Waals surface area contributed by atoms with Crippen LogP contribution in [0.5, 0.6) is 0 Å². The summed E-state index contributed by atoms with van der Waals surface area (Å²) in [6.07, 6.45) is 1.27. The van der Waals surface area contributed by atoms with E-state index in [0.29, 0.717) is 12.4 Å². The Labute approximate surface area is 104 Å². The van der Waals surface area contributed by atoms with Gasteiger partial charge in [0.2, 0.25) is 0 Å². The van der Waals surface area contributed by atoms with Crippen molar-refractivity contribution < 1.29 is 9.53 Å². The van der Waals surface area contributed by atoms with Crippen molar-refractivity contribution >= 4 is 23.4 Å². The first kappa shape index (κ1) is 13.5. The summed E-state index contributed by atoms with van der Waals surface area (Å²) in [6, 6.07) is 0. The minimum Gasteiger partial charge on any atom is -0.469 e. The van der Waals surface area contributed by atoms with Gasteiger partial charge in [0, 0.05) is 13.6 Å². The molecule has 0 bridgehead atoms. The average Bonchev–Trinajstić information content (AvgIpc) is 2.31. The van der Waals surface area contributed by atoms with E-state index in [1.54, 1.807) is 18.9 Å². The summed E-state index contributed by atoms with van der Waals surface area (Å²) in [4.78, 5) is 30.5. The Kier molecular flexibility index (Phi) is 4.51. The molecule has 1 unspecified atom stereocenters. The molecule has 0 radical (unpaired) electrons. The lowest BCUT2D eigenvalue weighted by Gasteiger charge is -2.21. The molecule has 94 valence electrons. The van der Waals surface area contributed by atoms with Crippen molar-refractivity contribution in [1.29, 1.82) is 0 Å². The molecule has 1 aromatic heterocycles. The van der Waals surface area contributed by atoms with E-state index in [0.717, 1.165) is 0 Å². The van der Waals surface area contributed by atoms with E-state index < -0.39 is 5.56 Å². The number of rotatable bonds is 4. The molecule has 17 heavy (non-hydrogen) atoms. The van der Waals surface area contributed by atoms with Crippen molar-refractivity contribution in [1.82, 2.24) is 9.97 Å². The first-order valence-electron chi connectivity index (χ1n) is 4.99. The lowest BCUT2D eigenvalue weighted by atomic mass is 10.2. The van der Waals surface area contributed by atoms with Crippen LogP contribution in [-0.2, 0) is 9.53 Å². The van der Waals surface area contributed by atoms with Crippen LogP contribution in [0.2, 0.25) is 5.02 Å². The predicted octanol–water partition coefficient (Wildman–Crippen LogP) is 0.669. The summed E-state index contributed by atoms with van der Waals surface area (Å²) >= 11 is 5.82. The van der Waals surface area contributed by atoms with Crippen LogP contribution < -0.4 is 10.5 Å². The number of nitrogens with zero attached hydrogens (tertiary/aromatic N) is 2. The van der Waals surface area contributed by atoms with Crippen LogP contribution in [0, 0.1) is 5.92 Å². The first-order valence-corrected chi connectivity index (χ1v) is 5.37. The highest BCUT2D eigenvalue weighted by molar-refractivity contribution is 6.32. The largest absolute Gasteiger partial charge is 0.469 e. The SMILES string of the molecule is COC(=O)C(C)CN(C)c1nc[nH]c(=O)c1Cl. The molecule has 0 saturated carbocycles. The smallest absolute Gasteiger partial charge is 0.310 e. The Morgan fingerprint density at radius 3 is 2.94 bits per heavy atom. The Bertz CT molecular complexity index is 460. The molecule has 6 nitrogen and oxygen atoms in total. The first-order chi connectivity index (χ1) is 7.97. The summed E-state index contributed by atoms with van der Waals surface area (Å²) in [7, 11) is 3.03. The van der Waals surface area contributed by atoms with Crippen LogP contribution in [0.3, 0.4) is 0 Å². The Balaban J connectivity index is 2.83. The maximum atomic E-state index is 11.3. The molecule has 0 aliphatic rings. The predicted molar refractivity (Wildman–Crippen MR) is 64.3 cm³/mol. The number of carbonyl (C=O) groups is 1. The molecule has 1 N–H and O–H groups in total. The number of H-pyrrole nitrogens is 1. The number of nitrogens with one attached hydrogen (secondary N) is 1. The van der Waals surface area contributed by atoms with Crippen LogP contribution >= 0.6 is 11.6 Å². The summed E-state index contributed by atoms with van der Waals surface area (Å²) in [6.45, 7) is 2.09. The molecule has 0 aromatic carbocycles. The molecule has 1 atom stereocenters. The summed E-state index contributed by atoms with van der Waals surface area (Å²) in [5.41, 5.74) is -0.408. The van der Waals surface area contributed by atoms with Crippen molar-refractivity contribution in [2.24, 2.45) is 5.92 Å². The van der Waals surface area contributed by atoms with Crippen molar-refractivity contribution in [3.05, 3.63) is 21.7 Å². The molecule has 1 heterocycles. The number of esters is 1. The number of aromatic nitrogens is 2. The molecule has 0 aliphatic carbocycles. The maximum Gasteiger partial charge on any atom is 0.310 e. The normalized spacial score (nSPS) is 12.0. The fourth-order valence-corrected chi connectivity index (χ4v) is 1.66. The highest BCUT2D eigenvalue weighted by Crippen LogP contribution is 2.17. The van der Waals surface area contributed by atoms with Crippen molar-refractivity contribution in [2.45, 2.75) is 6.92 Å². The number of methoxy groups -OCH3 is 1. The number of carbonyl (C=O) groups excluding carboxylic acids is 1. The van der Waals surface area contributed by atoms with Gasteiger partial charge >= 0.3 is 5.97 Å². The van der Waals surface area contributed by atoms with E-state index in [2.05, 4.69) is 14.7 Å². The molecule has 7 heteroatoms. The van der Waals surface area contributed by atoms with Crippen LogP contribution in [-0.4, -0.2) is 36.6 Å². The Morgan fingerprint density at radius 2 is 2.35 bits per heavy atom. The fraction of sp³-hybridized carbons (Fsp3) is 0.500. The van der Waals surface area contributed by atoms with Gasteiger partial charge in [-0.3, -0.25) is 9.59 Å². The molecule has 0 fully saturated rings. The van der Waals surface area contributed by atoms with Gasteiger partial charge in [-0.25, -0.2) is 4.98 Å². The van der Waals surface area contributed by atoms with Gasteiger partial charge in [-0.15, -0.1) is 0 Å². The van der Waals surface area contributed by atoms with Crippen LogP contribution in [0.15, 0.2) is 11.1 Å². The van der Waals surface area contributed by atoms with Crippen LogP contribution in [0.1, 0.15) is 6.92 Å². The maximum absolute atomic E-state index is 11.3. The third-order valence-corrected chi connectivity index (χ3v) is 2.63. The van der Waals surface area contributed by atoms with E-state index in [4.69, 9.17) is 11.6 Å². The topological polar surface area (TPSA) is 75.3 Å². The van der Waals surface area contributed by atoms with Gasteiger partial charge in [-0.1, -0.05) is 18.5 Å². The van der Waals surface area contributed by atoms with Crippen molar-refractivity contribution in [2.75, 3.05) is 25.6 Å². The van der Waals surface area contributed by atoms with E-state index in [1.807, 2.05) is 0 Å². The van der Waals surface area contributed by atoms with Crippen molar-refractivity contribution in [3.63, 3.8) is 0 Å². The second-order valence-electron chi connectivity index (χ2n) is 3.67. The van der Waals surface area contributed by atoms with Gasteiger partial charge in [0.25, 0.3) is 5.56 Å². The lowest BCUT2D eigenvalue weighted by molar-refractivity contribution is -0.144. The minimum absolute atomic E-state index is 0.00654. The van der Waals surface area contributed by atoms with E-state index in [9.17, 15) is 9.59 Å². The Hall–Kier alpha value is -1.56. The average molecular weight is 260 g/mol. The number of halogens is 1. The van der Waals surface area contributed by atoms with E-state index >= 15 is 0 Å². The molecule has 0 spiro atoms. The van der Waals surface area contributed by atoms with Crippen LogP contribution in [0.25, 0.3) is 0 Å². The van der Waals surface area contributed by atoms with Gasteiger partial charge in [0.1, 0.15) is 5.02 Å². The quantitative estimate of drug-likeness (QED) is 0.805. The van der Waals surface area contributed by atoms with Gasteiger partial charge in [-0.2, -0.15) is 0 Å². The minimum atomic E-state index is -0.408. The van der Waals surface area contributed by atoms with E-state index in [-0.39, 0.29) is 16.9 Å². The summed E-state index contributed by atoms with van der Waals surface area (Å²) in [5, 5.41) is 0.00654. The fourth-order valence-electron chi connectivity index (χ4n) is 1.41. The molecular weight excluding hydrogens is 246 g/mol. The summed E-state index contributed by atoms with van der Waals surface area (Å²) in [5.74, 6) is -0.314. The van der Waals surface area contributed by atoms with Gasteiger partial charge in [0.15, 0.2) is 5.82 Å².